The molecule has 0 saturated carbocycles. The van der Waals surface area contributed by atoms with Crippen LogP contribution in [-0.4, -0.2) is 42.6 Å². The van der Waals surface area contributed by atoms with Crippen LogP contribution in [-0.2, 0) is 38.3 Å². The average Bonchev–Trinajstić information content (AvgIpc) is 3.19. The molecule has 0 N–H and O–H groups in total. The smallest absolute Gasteiger partial charge is 0.416 e. The number of esters is 1. The van der Waals surface area contributed by atoms with Crippen molar-refractivity contribution in [2.45, 2.75) is 37.6 Å². The van der Waals surface area contributed by atoms with E-state index in [0.29, 0.717) is 24.9 Å². The van der Waals surface area contributed by atoms with Gasteiger partial charge in [0, 0.05) is 6.54 Å². The van der Waals surface area contributed by atoms with E-state index in [1.807, 2.05) is 30.3 Å². The molecule has 5 nitrogen and oxygen atoms in total. The molecule has 0 unspecified atom stereocenters. The first-order valence-corrected chi connectivity index (χ1v) is 9.93. The first kappa shape index (κ1) is 22.8. The van der Waals surface area contributed by atoms with Crippen molar-refractivity contribution in [2.75, 3.05) is 20.3 Å². The van der Waals surface area contributed by atoms with Crippen LogP contribution in [0.4, 0.5) is 13.2 Å². The van der Waals surface area contributed by atoms with Gasteiger partial charge in [-0.3, -0.25) is 4.79 Å². The molecule has 1 amide bonds. The maximum absolute atomic E-state index is 13.0. The number of halogens is 3. The highest BCUT2D eigenvalue weighted by Crippen LogP contribution is 2.33. The molecule has 1 fully saturated rings. The van der Waals surface area contributed by atoms with Crippen LogP contribution in [0.25, 0.3) is 0 Å². The largest absolute Gasteiger partial charge is 0.467 e. The Labute approximate surface area is 178 Å². The van der Waals surface area contributed by atoms with Gasteiger partial charge in [-0.05, 0) is 36.1 Å². The number of methoxy groups -OCH3 is 1. The van der Waals surface area contributed by atoms with Crippen molar-refractivity contribution < 1.29 is 32.2 Å². The van der Waals surface area contributed by atoms with Gasteiger partial charge >= 0.3 is 12.1 Å². The maximum Gasteiger partial charge on any atom is 0.416 e. The van der Waals surface area contributed by atoms with Gasteiger partial charge in [0.25, 0.3) is 0 Å². The fourth-order valence-electron chi connectivity index (χ4n) is 3.85. The minimum absolute atomic E-state index is 0.0205. The molecule has 1 heterocycles. The summed E-state index contributed by atoms with van der Waals surface area (Å²) < 4.78 is 49.1. The van der Waals surface area contributed by atoms with Crippen molar-refractivity contribution in [1.82, 2.24) is 4.90 Å². The molecular formula is C23H24F3NO4. The Morgan fingerprint density at radius 3 is 2.32 bits per heavy atom. The summed E-state index contributed by atoms with van der Waals surface area (Å²) >= 11 is 0. The van der Waals surface area contributed by atoms with E-state index in [1.165, 1.54) is 24.1 Å². The molecule has 1 aliphatic rings. The van der Waals surface area contributed by atoms with Crippen LogP contribution < -0.4 is 0 Å². The van der Waals surface area contributed by atoms with Gasteiger partial charge in [-0.25, -0.2) is 4.79 Å². The van der Waals surface area contributed by atoms with Crippen molar-refractivity contribution in [1.29, 1.82) is 0 Å². The van der Waals surface area contributed by atoms with Gasteiger partial charge in [-0.15, -0.1) is 0 Å². The second-order valence-corrected chi connectivity index (χ2v) is 7.52. The Morgan fingerprint density at radius 1 is 1.03 bits per heavy atom. The highest BCUT2D eigenvalue weighted by atomic mass is 19.4. The molecule has 8 heteroatoms. The zero-order valence-corrected chi connectivity index (χ0v) is 17.2. The lowest BCUT2D eigenvalue weighted by atomic mass is 9.96. The number of likely N-dealkylation sites (tertiary alicyclic amines) is 1. The van der Waals surface area contributed by atoms with E-state index in [2.05, 4.69) is 0 Å². The predicted molar refractivity (Wildman–Crippen MR) is 107 cm³/mol. The third-order valence-corrected chi connectivity index (χ3v) is 5.44. The predicted octanol–water partition coefficient (Wildman–Crippen LogP) is 4.00. The van der Waals surface area contributed by atoms with E-state index in [-0.39, 0.29) is 25.5 Å². The first-order chi connectivity index (χ1) is 14.8. The Morgan fingerprint density at radius 2 is 1.71 bits per heavy atom. The Bertz CT molecular complexity index is 899. The summed E-state index contributed by atoms with van der Waals surface area (Å²) in [5.41, 5.74) is -0.646. The van der Waals surface area contributed by atoms with Crippen LogP contribution in [0.2, 0.25) is 0 Å². The summed E-state index contributed by atoms with van der Waals surface area (Å²) in [4.78, 5) is 27.1. The zero-order chi connectivity index (χ0) is 22.5. The number of carbonyl (C=O) groups is 2. The molecule has 0 aromatic heterocycles. The van der Waals surface area contributed by atoms with E-state index in [0.717, 1.165) is 17.7 Å². The third-order valence-electron chi connectivity index (χ3n) is 5.44. The van der Waals surface area contributed by atoms with Gasteiger partial charge < -0.3 is 14.4 Å². The molecule has 0 aliphatic carbocycles. The van der Waals surface area contributed by atoms with Crippen LogP contribution in [0.5, 0.6) is 0 Å². The van der Waals surface area contributed by atoms with Gasteiger partial charge in [0.1, 0.15) is 0 Å². The molecule has 166 valence electrons. The van der Waals surface area contributed by atoms with Crippen molar-refractivity contribution in [2.24, 2.45) is 0 Å². The summed E-state index contributed by atoms with van der Waals surface area (Å²) in [6.45, 7) is 0.608. The van der Waals surface area contributed by atoms with Gasteiger partial charge in [-0.2, -0.15) is 13.2 Å². The summed E-state index contributed by atoms with van der Waals surface area (Å²) in [5.74, 6) is -0.912. The topological polar surface area (TPSA) is 55.8 Å². The molecule has 0 radical (unpaired) electrons. The van der Waals surface area contributed by atoms with E-state index in [4.69, 9.17) is 9.47 Å². The quantitative estimate of drug-likeness (QED) is 0.617. The summed E-state index contributed by atoms with van der Waals surface area (Å²) in [7, 11) is 1.26. The Balaban J connectivity index is 1.72. The second kappa shape index (κ2) is 9.51. The van der Waals surface area contributed by atoms with E-state index < -0.39 is 23.2 Å². The molecule has 3 rings (SSSR count). The number of nitrogens with zero attached hydrogens (tertiary/aromatic N) is 1. The van der Waals surface area contributed by atoms with Gasteiger partial charge in [0.2, 0.25) is 5.91 Å². The number of ether oxygens (including phenoxy) is 2. The van der Waals surface area contributed by atoms with Crippen LogP contribution in [0.15, 0.2) is 54.6 Å². The fourth-order valence-corrected chi connectivity index (χ4v) is 3.85. The van der Waals surface area contributed by atoms with Gasteiger partial charge in [0.15, 0.2) is 5.54 Å². The molecular weight excluding hydrogens is 411 g/mol. The molecule has 2 aromatic rings. The number of amides is 1. The van der Waals surface area contributed by atoms with Crippen molar-refractivity contribution in [3.8, 4) is 0 Å². The van der Waals surface area contributed by atoms with Crippen LogP contribution in [0.3, 0.4) is 0 Å². The lowest BCUT2D eigenvalue weighted by molar-refractivity contribution is -0.164. The molecule has 1 atom stereocenters. The van der Waals surface area contributed by atoms with Gasteiger partial charge in [-0.1, -0.05) is 42.5 Å². The van der Waals surface area contributed by atoms with Gasteiger partial charge in [0.05, 0.1) is 32.3 Å². The Kier molecular flexibility index (Phi) is 7.00. The normalized spacial score (nSPS) is 18.8. The Hall–Kier alpha value is -2.87. The lowest BCUT2D eigenvalue weighted by Crippen LogP contribution is -2.57. The van der Waals surface area contributed by atoms with E-state index in [9.17, 15) is 22.8 Å². The van der Waals surface area contributed by atoms with E-state index >= 15 is 0 Å². The SMILES string of the molecule is COC(=O)[C@]1(COCc2ccccc2)CCCN1C(=O)Cc1ccc(C(F)(F)F)cc1. The monoisotopic (exact) mass is 435 g/mol. The summed E-state index contributed by atoms with van der Waals surface area (Å²) in [6, 6.07) is 13.9. The summed E-state index contributed by atoms with van der Waals surface area (Å²) in [6.07, 6.45) is -3.56. The standard InChI is InChI=1S/C23H24F3NO4/c1-30-21(29)22(16-31-15-18-6-3-2-4-7-18)12-5-13-27(22)20(28)14-17-8-10-19(11-9-17)23(24,25)26/h2-4,6-11H,5,12-16H2,1H3/t22-/m1/s1. The minimum atomic E-state index is -4.44. The highest BCUT2D eigenvalue weighted by molar-refractivity contribution is 5.89. The molecule has 0 bridgehead atoms. The summed E-state index contributed by atoms with van der Waals surface area (Å²) in [5, 5.41) is 0. The molecule has 1 saturated heterocycles. The number of rotatable bonds is 7. The maximum atomic E-state index is 13.0. The highest BCUT2D eigenvalue weighted by Gasteiger charge is 2.51. The van der Waals surface area contributed by atoms with E-state index in [1.54, 1.807) is 0 Å². The number of benzene rings is 2. The second-order valence-electron chi connectivity index (χ2n) is 7.52. The average molecular weight is 435 g/mol. The minimum Gasteiger partial charge on any atom is -0.467 e. The molecule has 2 aromatic carbocycles. The van der Waals surface area contributed by atoms with Crippen molar-refractivity contribution in [3.63, 3.8) is 0 Å². The number of alkyl halides is 3. The van der Waals surface area contributed by atoms with Crippen molar-refractivity contribution >= 4 is 11.9 Å². The van der Waals surface area contributed by atoms with Crippen LogP contribution >= 0.6 is 0 Å². The number of hydrogen-bond donors (Lipinski definition) is 0. The molecule has 1 aliphatic heterocycles. The van der Waals surface area contributed by atoms with Crippen molar-refractivity contribution in [3.05, 3.63) is 71.3 Å². The lowest BCUT2D eigenvalue weighted by Gasteiger charge is -2.35. The third kappa shape index (κ3) is 5.25. The number of hydrogen-bond acceptors (Lipinski definition) is 4. The molecule has 31 heavy (non-hydrogen) atoms. The fraction of sp³-hybridized carbons (Fsp3) is 0.391. The first-order valence-electron chi connectivity index (χ1n) is 9.93. The zero-order valence-electron chi connectivity index (χ0n) is 17.2. The molecule has 0 spiro atoms. The van der Waals surface area contributed by atoms with Crippen LogP contribution in [0, 0.1) is 0 Å². The number of carbonyl (C=O) groups excluding carboxylic acids is 2. The van der Waals surface area contributed by atoms with Crippen LogP contribution in [0.1, 0.15) is 29.5 Å².